The second kappa shape index (κ2) is 6.97. The van der Waals surface area contributed by atoms with Gasteiger partial charge in [-0.15, -0.1) is 0 Å². The highest BCUT2D eigenvalue weighted by atomic mass is 32.2. The number of aromatic nitrogens is 1. The smallest absolute Gasteiger partial charge is 0.337 e. The number of nitrogens with one attached hydrogen (secondary N) is 1. The molecule has 1 rings (SSSR count). The van der Waals surface area contributed by atoms with Crippen molar-refractivity contribution in [1.82, 2.24) is 14.6 Å². The van der Waals surface area contributed by atoms with E-state index in [0.29, 0.717) is 6.54 Å². The summed E-state index contributed by atoms with van der Waals surface area (Å²) in [5, 5.41) is 8.60. The minimum atomic E-state index is -3.77. The monoisotopic (exact) mass is 315 g/mol. The molecule has 0 saturated heterocycles. The molecule has 0 aliphatic rings. The fourth-order valence-corrected chi connectivity index (χ4v) is 3.01. The predicted molar refractivity (Wildman–Crippen MR) is 78.7 cm³/mol. The molecule has 1 atom stereocenters. The maximum atomic E-state index is 12.3. The quantitative estimate of drug-likeness (QED) is 0.766. The standard InChI is InChI=1S/C13H21N3O4S/c1-9(2)11(8-16(3)4)15-21(19,20)12-6-5-10(7-14-12)13(17)18/h5-7,9,11,15H,8H2,1-4H3,(H,17,18). The van der Waals surface area contributed by atoms with E-state index in [4.69, 9.17) is 5.11 Å². The van der Waals surface area contributed by atoms with Crippen molar-refractivity contribution >= 4 is 16.0 Å². The van der Waals surface area contributed by atoms with Gasteiger partial charge in [0.1, 0.15) is 0 Å². The molecule has 0 spiro atoms. The van der Waals surface area contributed by atoms with Crippen molar-refractivity contribution in [1.29, 1.82) is 0 Å². The van der Waals surface area contributed by atoms with E-state index in [-0.39, 0.29) is 22.5 Å². The van der Waals surface area contributed by atoms with Gasteiger partial charge in [-0.05, 0) is 32.1 Å². The summed E-state index contributed by atoms with van der Waals surface area (Å²) < 4.78 is 27.1. The highest BCUT2D eigenvalue weighted by molar-refractivity contribution is 7.89. The third kappa shape index (κ3) is 5.07. The van der Waals surface area contributed by atoms with Crippen LogP contribution in [-0.4, -0.2) is 56.1 Å². The van der Waals surface area contributed by atoms with Crippen LogP contribution in [0.25, 0.3) is 0 Å². The third-order valence-electron chi connectivity index (χ3n) is 2.93. The summed E-state index contributed by atoms with van der Waals surface area (Å²) in [6.45, 7) is 4.42. The van der Waals surface area contributed by atoms with Gasteiger partial charge >= 0.3 is 5.97 Å². The predicted octanol–water partition coefficient (Wildman–Crippen LogP) is 0.644. The molecular weight excluding hydrogens is 294 g/mol. The number of pyridine rings is 1. The number of hydrogen-bond donors (Lipinski definition) is 2. The molecule has 118 valence electrons. The minimum absolute atomic E-state index is 0.0531. The molecule has 0 fully saturated rings. The Morgan fingerprint density at radius 2 is 2.00 bits per heavy atom. The number of hydrogen-bond acceptors (Lipinski definition) is 5. The first kappa shape index (κ1) is 17.5. The number of sulfonamides is 1. The van der Waals surface area contributed by atoms with Gasteiger partial charge < -0.3 is 10.0 Å². The average molecular weight is 315 g/mol. The zero-order valence-corrected chi connectivity index (χ0v) is 13.4. The van der Waals surface area contributed by atoms with E-state index in [1.54, 1.807) is 0 Å². The molecule has 1 aromatic heterocycles. The fourth-order valence-electron chi connectivity index (χ4n) is 1.70. The fraction of sp³-hybridized carbons (Fsp3) is 0.538. The van der Waals surface area contributed by atoms with Crippen molar-refractivity contribution in [2.24, 2.45) is 5.92 Å². The first-order valence-electron chi connectivity index (χ1n) is 6.50. The molecule has 1 unspecified atom stereocenters. The second-order valence-corrected chi connectivity index (χ2v) is 7.09. The van der Waals surface area contributed by atoms with Gasteiger partial charge in [0.15, 0.2) is 5.03 Å². The van der Waals surface area contributed by atoms with Gasteiger partial charge in [0.25, 0.3) is 10.0 Å². The minimum Gasteiger partial charge on any atom is -0.478 e. The lowest BCUT2D eigenvalue weighted by Gasteiger charge is -2.25. The van der Waals surface area contributed by atoms with E-state index < -0.39 is 16.0 Å². The molecule has 2 N–H and O–H groups in total. The summed E-state index contributed by atoms with van der Waals surface area (Å²) in [4.78, 5) is 16.4. The summed E-state index contributed by atoms with van der Waals surface area (Å²) in [7, 11) is -0.0440. The third-order valence-corrected chi connectivity index (χ3v) is 4.34. The zero-order chi connectivity index (χ0) is 16.2. The van der Waals surface area contributed by atoms with Gasteiger partial charge in [0.2, 0.25) is 0 Å². The Hall–Kier alpha value is -1.51. The number of nitrogens with zero attached hydrogens (tertiary/aromatic N) is 2. The van der Waals surface area contributed by atoms with Gasteiger partial charge in [-0.2, -0.15) is 0 Å². The van der Waals surface area contributed by atoms with Crippen molar-refractivity contribution < 1.29 is 18.3 Å². The largest absolute Gasteiger partial charge is 0.478 e. The van der Waals surface area contributed by atoms with E-state index in [0.717, 1.165) is 6.20 Å². The van der Waals surface area contributed by atoms with Gasteiger partial charge in [-0.3, -0.25) is 0 Å². The van der Waals surface area contributed by atoms with Crippen molar-refractivity contribution in [3.63, 3.8) is 0 Å². The maximum absolute atomic E-state index is 12.3. The van der Waals surface area contributed by atoms with Crippen molar-refractivity contribution in [3.8, 4) is 0 Å². The van der Waals surface area contributed by atoms with Crippen molar-refractivity contribution in [2.45, 2.75) is 24.9 Å². The van der Waals surface area contributed by atoms with Crippen LogP contribution < -0.4 is 4.72 Å². The van der Waals surface area contributed by atoms with Crippen LogP contribution in [0.2, 0.25) is 0 Å². The first-order valence-corrected chi connectivity index (χ1v) is 7.98. The molecule has 1 heterocycles. The Labute approximate surface area is 125 Å². The van der Waals surface area contributed by atoms with E-state index >= 15 is 0 Å². The van der Waals surface area contributed by atoms with E-state index in [2.05, 4.69) is 9.71 Å². The molecule has 0 aliphatic carbocycles. The van der Waals surface area contributed by atoms with Crippen LogP contribution >= 0.6 is 0 Å². The van der Waals surface area contributed by atoms with Crippen LogP contribution in [0.1, 0.15) is 24.2 Å². The lowest BCUT2D eigenvalue weighted by molar-refractivity contribution is 0.0696. The van der Waals surface area contributed by atoms with E-state index in [1.807, 2.05) is 32.8 Å². The van der Waals surface area contributed by atoms with Crippen LogP contribution in [0, 0.1) is 5.92 Å². The second-order valence-electron chi connectivity index (χ2n) is 5.42. The summed E-state index contributed by atoms with van der Waals surface area (Å²) in [6.07, 6.45) is 1.03. The molecule has 0 radical (unpaired) electrons. The number of carbonyl (C=O) groups is 1. The van der Waals surface area contributed by atoms with Crippen LogP contribution in [-0.2, 0) is 10.0 Å². The van der Waals surface area contributed by atoms with Crippen LogP contribution in [0.15, 0.2) is 23.4 Å². The van der Waals surface area contributed by atoms with Crippen LogP contribution in [0.3, 0.4) is 0 Å². The van der Waals surface area contributed by atoms with Crippen LogP contribution in [0.5, 0.6) is 0 Å². The molecular formula is C13H21N3O4S. The summed E-state index contributed by atoms with van der Waals surface area (Å²) in [5.41, 5.74) is -0.0531. The molecule has 7 nitrogen and oxygen atoms in total. The highest BCUT2D eigenvalue weighted by Crippen LogP contribution is 2.11. The molecule has 0 bridgehead atoms. The molecule has 1 aromatic rings. The normalized spacial score (nSPS) is 13.6. The molecule has 8 heteroatoms. The van der Waals surface area contributed by atoms with Crippen LogP contribution in [0.4, 0.5) is 0 Å². The number of aromatic carboxylic acids is 1. The zero-order valence-electron chi connectivity index (χ0n) is 12.6. The molecule has 0 aliphatic heterocycles. The van der Waals surface area contributed by atoms with E-state index in [9.17, 15) is 13.2 Å². The lowest BCUT2D eigenvalue weighted by atomic mass is 10.1. The van der Waals surface area contributed by atoms with Gasteiger partial charge in [-0.25, -0.2) is 22.9 Å². The van der Waals surface area contributed by atoms with Gasteiger partial charge in [0.05, 0.1) is 5.56 Å². The summed E-state index contributed by atoms with van der Waals surface area (Å²) in [5.74, 6) is -1.03. The SMILES string of the molecule is CC(C)C(CN(C)C)NS(=O)(=O)c1ccc(C(=O)O)cn1. The maximum Gasteiger partial charge on any atom is 0.337 e. The Bertz CT molecular complexity index is 582. The number of carboxylic acids is 1. The Morgan fingerprint density at radius 3 is 2.38 bits per heavy atom. The van der Waals surface area contributed by atoms with Crippen molar-refractivity contribution in [2.75, 3.05) is 20.6 Å². The lowest BCUT2D eigenvalue weighted by Crippen LogP contribution is -2.45. The molecule has 0 aromatic carbocycles. The highest BCUT2D eigenvalue weighted by Gasteiger charge is 2.24. The Morgan fingerprint density at radius 1 is 1.38 bits per heavy atom. The van der Waals surface area contributed by atoms with Crippen molar-refractivity contribution in [3.05, 3.63) is 23.9 Å². The van der Waals surface area contributed by atoms with Gasteiger partial charge in [-0.1, -0.05) is 13.8 Å². The van der Waals surface area contributed by atoms with E-state index in [1.165, 1.54) is 12.1 Å². The number of carboxylic acid groups (broad SMARTS) is 1. The molecule has 0 amide bonds. The van der Waals surface area contributed by atoms with Gasteiger partial charge in [0, 0.05) is 18.8 Å². The summed E-state index contributed by atoms with van der Waals surface area (Å²) in [6, 6.07) is 2.16. The number of rotatable bonds is 7. The summed E-state index contributed by atoms with van der Waals surface area (Å²) >= 11 is 0. The first-order chi connectivity index (χ1) is 9.63. The number of likely N-dealkylation sites (N-methyl/N-ethyl adjacent to an activating group) is 1. The molecule has 21 heavy (non-hydrogen) atoms. The average Bonchev–Trinajstić information content (AvgIpc) is 2.37. The Balaban J connectivity index is 2.96. The Kier molecular flexibility index (Phi) is 5.82. The topological polar surface area (TPSA) is 99.6 Å². The molecule has 0 saturated carbocycles.